The van der Waals surface area contributed by atoms with E-state index < -0.39 is 4.92 Å². The van der Waals surface area contributed by atoms with Gasteiger partial charge in [-0.1, -0.05) is 30.0 Å². The first-order valence-corrected chi connectivity index (χ1v) is 10.6. The van der Waals surface area contributed by atoms with Crippen molar-refractivity contribution >= 4 is 29.0 Å². The van der Waals surface area contributed by atoms with Crippen molar-refractivity contribution in [2.45, 2.75) is 31.4 Å². The maximum absolute atomic E-state index is 12.1. The van der Waals surface area contributed by atoms with Crippen LogP contribution in [-0.2, 0) is 17.6 Å². The lowest BCUT2D eigenvalue weighted by Gasteiger charge is -2.05. The normalized spacial score (nSPS) is 10.6. The SMILES string of the molecule is COc1ccc(CCCc2nnc(SCC(=O)Nc3ccc(C)c([N+](=O)[O-])c3)o2)cc1. The number of hydrogen-bond donors (Lipinski definition) is 1. The van der Waals surface area contributed by atoms with E-state index in [2.05, 4.69) is 15.5 Å². The third-order valence-electron chi connectivity index (χ3n) is 4.48. The van der Waals surface area contributed by atoms with E-state index in [0.29, 0.717) is 28.8 Å². The number of aromatic nitrogens is 2. The molecule has 3 aromatic rings. The highest BCUT2D eigenvalue weighted by molar-refractivity contribution is 7.99. The molecule has 0 saturated carbocycles. The maximum atomic E-state index is 12.1. The van der Waals surface area contributed by atoms with Gasteiger partial charge in [0, 0.05) is 23.7 Å². The fraction of sp³-hybridized carbons (Fsp3) is 0.286. The molecule has 0 atom stereocenters. The standard InChI is InChI=1S/C21H22N4O5S/c1-14-6-9-16(12-18(14)25(27)28)22-19(26)13-31-21-24-23-20(30-21)5-3-4-15-7-10-17(29-2)11-8-15/h6-12H,3-5,13H2,1-2H3,(H,22,26). The number of rotatable bonds is 10. The zero-order valence-corrected chi connectivity index (χ0v) is 18.0. The molecule has 10 heteroatoms. The van der Waals surface area contributed by atoms with Crippen molar-refractivity contribution in [1.82, 2.24) is 10.2 Å². The highest BCUT2D eigenvalue weighted by atomic mass is 32.2. The molecule has 3 rings (SSSR count). The summed E-state index contributed by atoms with van der Waals surface area (Å²) >= 11 is 1.12. The van der Waals surface area contributed by atoms with Crippen LogP contribution >= 0.6 is 11.8 Å². The van der Waals surface area contributed by atoms with Crippen molar-refractivity contribution in [3.8, 4) is 5.75 Å². The van der Waals surface area contributed by atoms with Crippen LogP contribution in [0.4, 0.5) is 11.4 Å². The van der Waals surface area contributed by atoms with E-state index in [9.17, 15) is 14.9 Å². The molecule has 0 unspecified atom stereocenters. The van der Waals surface area contributed by atoms with Crippen LogP contribution < -0.4 is 10.1 Å². The highest BCUT2D eigenvalue weighted by Crippen LogP contribution is 2.23. The van der Waals surface area contributed by atoms with Gasteiger partial charge in [-0.2, -0.15) is 0 Å². The van der Waals surface area contributed by atoms with Crippen LogP contribution in [0.2, 0.25) is 0 Å². The van der Waals surface area contributed by atoms with Gasteiger partial charge in [-0.25, -0.2) is 0 Å². The van der Waals surface area contributed by atoms with Crippen molar-refractivity contribution < 1.29 is 18.9 Å². The zero-order valence-electron chi connectivity index (χ0n) is 17.2. The van der Waals surface area contributed by atoms with E-state index in [4.69, 9.17) is 9.15 Å². The number of nitro benzene ring substituents is 1. The second-order valence-corrected chi connectivity index (χ2v) is 7.69. The molecule has 1 aromatic heterocycles. The molecule has 0 spiro atoms. The number of methoxy groups -OCH3 is 1. The van der Waals surface area contributed by atoms with Gasteiger partial charge in [-0.05, 0) is 43.5 Å². The van der Waals surface area contributed by atoms with Gasteiger partial charge in [0.25, 0.3) is 10.9 Å². The second-order valence-electron chi connectivity index (χ2n) is 6.76. The van der Waals surface area contributed by atoms with Gasteiger partial charge in [0.15, 0.2) is 0 Å². The molecule has 9 nitrogen and oxygen atoms in total. The van der Waals surface area contributed by atoms with Crippen molar-refractivity contribution in [1.29, 1.82) is 0 Å². The molecule has 0 aliphatic carbocycles. The quantitative estimate of drug-likeness (QED) is 0.282. The number of carbonyl (C=O) groups excluding carboxylic acids is 1. The molecular formula is C21H22N4O5S. The Morgan fingerprint density at radius 3 is 2.68 bits per heavy atom. The third-order valence-corrected chi connectivity index (χ3v) is 5.30. The first-order valence-electron chi connectivity index (χ1n) is 9.57. The minimum absolute atomic E-state index is 0.0402. The minimum Gasteiger partial charge on any atom is -0.497 e. The molecule has 2 aromatic carbocycles. The van der Waals surface area contributed by atoms with E-state index in [1.165, 1.54) is 11.6 Å². The zero-order chi connectivity index (χ0) is 22.2. The summed E-state index contributed by atoms with van der Waals surface area (Å²) in [6.07, 6.45) is 2.37. The first kappa shape index (κ1) is 22.3. The Hall–Kier alpha value is -3.40. The number of aryl methyl sites for hydroxylation is 3. The van der Waals surface area contributed by atoms with Crippen molar-refractivity contribution in [2.75, 3.05) is 18.2 Å². The van der Waals surface area contributed by atoms with Crippen molar-refractivity contribution in [2.24, 2.45) is 0 Å². The fourth-order valence-corrected chi connectivity index (χ4v) is 3.42. The molecule has 1 amide bonds. The lowest BCUT2D eigenvalue weighted by molar-refractivity contribution is -0.385. The number of ether oxygens (including phenoxy) is 1. The highest BCUT2D eigenvalue weighted by Gasteiger charge is 2.14. The summed E-state index contributed by atoms with van der Waals surface area (Å²) in [4.78, 5) is 22.7. The van der Waals surface area contributed by atoms with Crippen LogP contribution in [0.15, 0.2) is 52.1 Å². The molecule has 162 valence electrons. The molecule has 0 aliphatic heterocycles. The number of anilines is 1. The number of nitrogens with zero attached hydrogens (tertiary/aromatic N) is 3. The summed E-state index contributed by atoms with van der Waals surface area (Å²) in [5.41, 5.74) is 2.06. The summed E-state index contributed by atoms with van der Waals surface area (Å²) < 4.78 is 10.7. The molecule has 0 radical (unpaired) electrons. The summed E-state index contributed by atoms with van der Waals surface area (Å²) in [5.74, 6) is 1.08. The Morgan fingerprint density at radius 1 is 1.19 bits per heavy atom. The van der Waals surface area contributed by atoms with E-state index in [1.807, 2.05) is 24.3 Å². The molecule has 0 aliphatic rings. The Kier molecular flexibility index (Phi) is 7.60. The third kappa shape index (κ3) is 6.54. The van der Waals surface area contributed by atoms with Gasteiger partial charge < -0.3 is 14.5 Å². The van der Waals surface area contributed by atoms with Gasteiger partial charge in [0.1, 0.15) is 5.75 Å². The van der Waals surface area contributed by atoms with Crippen molar-refractivity contribution in [3.63, 3.8) is 0 Å². The van der Waals surface area contributed by atoms with Gasteiger partial charge >= 0.3 is 0 Å². The van der Waals surface area contributed by atoms with Gasteiger partial charge in [0.05, 0.1) is 17.8 Å². The molecule has 1 heterocycles. The van der Waals surface area contributed by atoms with Crippen LogP contribution in [-0.4, -0.2) is 33.9 Å². The van der Waals surface area contributed by atoms with E-state index >= 15 is 0 Å². The Morgan fingerprint density at radius 2 is 1.97 bits per heavy atom. The Bertz CT molecular complexity index is 1050. The van der Waals surface area contributed by atoms with Crippen LogP contribution in [0.5, 0.6) is 5.75 Å². The lowest BCUT2D eigenvalue weighted by atomic mass is 10.1. The summed E-state index contributed by atoms with van der Waals surface area (Å²) in [5, 5.41) is 21.9. The summed E-state index contributed by atoms with van der Waals surface area (Å²) in [6, 6.07) is 12.5. The fourth-order valence-electron chi connectivity index (χ4n) is 2.84. The van der Waals surface area contributed by atoms with Crippen LogP contribution in [0.25, 0.3) is 0 Å². The number of nitro groups is 1. The van der Waals surface area contributed by atoms with Crippen LogP contribution in [0.3, 0.4) is 0 Å². The monoisotopic (exact) mass is 442 g/mol. The van der Waals surface area contributed by atoms with Crippen LogP contribution in [0, 0.1) is 17.0 Å². The molecule has 31 heavy (non-hydrogen) atoms. The molecule has 0 saturated heterocycles. The van der Waals surface area contributed by atoms with Crippen molar-refractivity contribution in [3.05, 3.63) is 69.6 Å². The minimum atomic E-state index is -0.478. The maximum Gasteiger partial charge on any atom is 0.277 e. The van der Waals surface area contributed by atoms with Gasteiger partial charge in [-0.15, -0.1) is 10.2 Å². The van der Waals surface area contributed by atoms with E-state index in [1.54, 1.807) is 26.2 Å². The van der Waals surface area contributed by atoms with Gasteiger partial charge in [-0.3, -0.25) is 14.9 Å². The van der Waals surface area contributed by atoms with Gasteiger partial charge in [0.2, 0.25) is 11.8 Å². The number of nitrogens with one attached hydrogen (secondary N) is 1. The number of thioether (sulfide) groups is 1. The molecule has 0 fully saturated rings. The molecule has 1 N–H and O–H groups in total. The largest absolute Gasteiger partial charge is 0.497 e. The Balaban J connectivity index is 1.43. The first-order chi connectivity index (χ1) is 14.9. The average molecular weight is 442 g/mol. The number of hydrogen-bond acceptors (Lipinski definition) is 8. The number of carbonyl (C=O) groups is 1. The Labute approximate surface area is 183 Å². The predicted molar refractivity (Wildman–Crippen MR) is 117 cm³/mol. The van der Waals surface area contributed by atoms with E-state index in [0.717, 1.165) is 30.4 Å². The summed E-state index contributed by atoms with van der Waals surface area (Å²) in [7, 11) is 1.64. The number of benzene rings is 2. The topological polar surface area (TPSA) is 120 Å². The van der Waals surface area contributed by atoms with E-state index in [-0.39, 0.29) is 17.3 Å². The molecular weight excluding hydrogens is 420 g/mol. The smallest absolute Gasteiger partial charge is 0.277 e. The number of amides is 1. The summed E-state index contributed by atoms with van der Waals surface area (Å²) in [6.45, 7) is 1.64. The predicted octanol–water partition coefficient (Wildman–Crippen LogP) is 4.20. The average Bonchev–Trinajstić information content (AvgIpc) is 3.22. The van der Waals surface area contributed by atoms with Crippen LogP contribution in [0.1, 0.15) is 23.4 Å². The second kappa shape index (κ2) is 10.6. The lowest BCUT2D eigenvalue weighted by Crippen LogP contribution is -2.14. The molecule has 0 bridgehead atoms.